The predicted octanol–water partition coefficient (Wildman–Crippen LogP) is 4.17. The van der Waals surface area contributed by atoms with Crippen LogP contribution in [-0.4, -0.2) is 25.7 Å². The Labute approximate surface area is 178 Å². The van der Waals surface area contributed by atoms with Crippen LogP contribution in [-0.2, 0) is 4.79 Å². The van der Waals surface area contributed by atoms with E-state index in [1.165, 1.54) is 0 Å². The van der Waals surface area contributed by atoms with Crippen molar-refractivity contribution in [2.75, 3.05) is 10.6 Å². The lowest BCUT2D eigenvalue weighted by Crippen LogP contribution is -2.31. The van der Waals surface area contributed by atoms with Gasteiger partial charge in [0.25, 0.3) is 5.91 Å². The Balaban J connectivity index is 1.62. The molecule has 0 fully saturated rings. The molecule has 1 amide bonds. The number of hydrogen-bond acceptors (Lipinski definition) is 6. The van der Waals surface area contributed by atoms with E-state index in [4.69, 9.17) is 4.42 Å². The summed E-state index contributed by atoms with van der Waals surface area (Å²) in [5.41, 5.74) is 3.91. The van der Waals surface area contributed by atoms with Crippen molar-refractivity contribution in [3.05, 3.63) is 89.6 Å². The molecule has 0 saturated carbocycles. The van der Waals surface area contributed by atoms with Gasteiger partial charge in [-0.05, 0) is 43.7 Å². The van der Waals surface area contributed by atoms with Crippen LogP contribution >= 0.6 is 0 Å². The zero-order chi connectivity index (χ0) is 21.4. The molecule has 154 valence electrons. The molecule has 8 nitrogen and oxygen atoms in total. The summed E-state index contributed by atoms with van der Waals surface area (Å²) in [6.07, 6.45) is 4.86. The number of pyridine rings is 1. The van der Waals surface area contributed by atoms with Gasteiger partial charge in [0.15, 0.2) is 5.76 Å². The zero-order valence-electron chi connectivity index (χ0n) is 17.0. The number of nitrogens with one attached hydrogen (secondary N) is 2. The van der Waals surface area contributed by atoms with Gasteiger partial charge in [-0.3, -0.25) is 9.78 Å². The average molecular weight is 412 g/mol. The first-order valence-corrected chi connectivity index (χ1v) is 9.86. The van der Waals surface area contributed by atoms with Crippen LogP contribution in [0, 0.1) is 6.92 Å². The van der Waals surface area contributed by atoms with Gasteiger partial charge in [-0.2, -0.15) is 4.98 Å². The maximum absolute atomic E-state index is 13.4. The van der Waals surface area contributed by atoms with Crippen molar-refractivity contribution in [3.8, 4) is 11.6 Å². The molecule has 0 bridgehead atoms. The third-order valence-corrected chi connectivity index (χ3v) is 5.12. The summed E-state index contributed by atoms with van der Waals surface area (Å²) in [4.78, 5) is 22.0. The number of aromatic nitrogens is 4. The van der Waals surface area contributed by atoms with Gasteiger partial charge in [0.05, 0.1) is 23.7 Å². The van der Waals surface area contributed by atoms with Gasteiger partial charge >= 0.3 is 0 Å². The minimum atomic E-state index is -0.455. The highest BCUT2D eigenvalue weighted by Crippen LogP contribution is 2.37. The van der Waals surface area contributed by atoms with Gasteiger partial charge in [0, 0.05) is 11.9 Å². The highest BCUT2D eigenvalue weighted by Gasteiger charge is 2.34. The first-order chi connectivity index (χ1) is 15.1. The Morgan fingerprint density at radius 3 is 2.81 bits per heavy atom. The second kappa shape index (κ2) is 7.56. The van der Waals surface area contributed by atoms with Crippen molar-refractivity contribution in [2.45, 2.75) is 19.9 Å². The Bertz CT molecular complexity index is 1270. The van der Waals surface area contributed by atoms with Crippen molar-refractivity contribution in [1.82, 2.24) is 19.7 Å². The van der Waals surface area contributed by atoms with Gasteiger partial charge in [0.2, 0.25) is 11.8 Å². The standard InChI is InChI=1S/C23H20N6O2/c1-14-6-3-7-16(12-14)20-19(22(30)26-17-8-4-10-24-13-17)15(2)25-23-27-21(28-29(20)23)18-9-5-11-31-18/h3-13,20H,1-2H3,(H,26,30)(H,25,27,28). The Hall–Kier alpha value is -4.20. The quantitative estimate of drug-likeness (QED) is 0.522. The highest BCUT2D eigenvalue weighted by molar-refractivity contribution is 6.05. The number of carbonyl (C=O) groups excluding carboxylic acids is 1. The van der Waals surface area contributed by atoms with Crippen LogP contribution in [0.25, 0.3) is 11.6 Å². The molecule has 1 aromatic carbocycles. The SMILES string of the molecule is CC1=C(C(=O)Nc2cccnc2)C(c2cccc(C)c2)n2nc(-c3ccco3)nc2N1. The Kier molecular flexibility index (Phi) is 4.59. The van der Waals surface area contributed by atoms with Gasteiger partial charge < -0.3 is 15.1 Å². The number of benzene rings is 1. The maximum atomic E-state index is 13.4. The summed E-state index contributed by atoms with van der Waals surface area (Å²) < 4.78 is 7.21. The molecule has 0 aliphatic carbocycles. The van der Waals surface area contributed by atoms with Crippen molar-refractivity contribution in [3.63, 3.8) is 0 Å². The number of amides is 1. The number of furan rings is 1. The average Bonchev–Trinajstić information content (AvgIpc) is 3.43. The van der Waals surface area contributed by atoms with Crippen LogP contribution < -0.4 is 10.6 Å². The summed E-state index contributed by atoms with van der Waals surface area (Å²) in [5.74, 6) is 1.33. The molecule has 0 spiro atoms. The van der Waals surface area contributed by atoms with E-state index in [0.29, 0.717) is 34.5 Å². The Morgan fingerprint density at radius 2 is 2.06 bits per heavy atom. The number of allylic oxidation sites excluding steroid dienone is 1. The van der Waals surface area contributed by atoms with E-state index >= 15 is 0 Å². The number of aryl methyl sites for hydroxylation is 1. The fourth-order valence-electron chi connectivity index (χ4n) is 3.74. The van der Waals surface area contributed by atoms with E-state index in [-0.39, 0.29) is 5.91 Å². The molecule has 4 aromatic rings. The number of hydrogen-bond donors (Lipinski definition) is 2. The van der Waals surface area contributed by atoms with E-state index in [1.807, 2.05) is 32.0 Å². The molecular formula is C23H20N6O2. The number of nitrogens with zero attached hydrogens (tertiary/aromatic N) is 4. The van der Waals surface area contributed by atoms with Crippen LogP contribution in [0.1, 0.15) is 24.1 Å². The molecule has 2 N–H and O–H groups in total. The van der Waals surface area contributed by atoms with Crippen molar-refractivity contribution < 1.29 is 9.21 Å². The lowest BCUT2D eigenvalue weighted by Gasteiger charge is -2.28. The number of fused-ring (bicyclic) bond motifs is 1. The molecule has 1 atom stereocenters. The smallest absolute Gasteiger partial charge is 0.255 e. The van der Waals surface area contributed by atoms with E-state index in [1.54, 1.807) is 47.6 Å². The first-order valence-electron chi connectivity index (χ1n) is 9.86. The van der Waals surface area contributed by atoms with Crippen molar-refractivity contribution in [2.24, 2.45) is 0 Å². The number of anilines is 2. The second-order valence-electron chi connectivity index (χ2n) is 7.36. The molecule has 31 heavy (non-hydrogen) atoms. The van der Waals surface area contributed by atoms with Crippen LogP contribution in [0.15, 0.2) is 82.9 Å². The third kappa shape index (κ3) is 3.48. The molecule has 1 unspecified atom stereocenters. The lowest BCUT2D eigenvalue weighted by atomic mass is 9.94. The van der Waals surface area contributed by atoms with E-state index in [2.05, 4.69) is 31.8 Å². The van der Waals surface area contributed by atoms with Crippen molar-refractivity contribution in [1.29, 1.82) is 0 Å². The summed E-state index contributed by atoms with van der Waals surface area (Å²) >= 11 is 0. The summed E-state index contributed by atoms with van der Waals surface area (Å²) in [5, 5.41) is 10.8. The van der Waals surface area contributed by atoms with Gasteiger partial charge in [0.1, 0.15) is 6.04 Å². The lowest BCUT2D eigenvalue weighted by molar-refractivity contribution is -0.113. The normalized spacial score (nSPS) is 15.4. The second-order valence-corrected chi connectivity index (χ2v) is 7.36. The topological polar surface area (TPSA) is 97.9 Å². The van der Waals surface area contributed by atoms with Crippen LogP contribution in [0.2, 0.25) is 0 Å². The van der Waals surface area contributed by atoms with E-state index in [9.17, 15) is 4.79 Å². The molecule has 3 aromatic heterocycles. The molecule has 5 rings (SSSR count). The molecular weight excluding hydrogens is 392 g/mol. The largest absolute Gasteiger partial charge is 0.461 e. The first kappa shape index (κ1) is 18.8. The zero-order valence-corrected chi connectivity index (χ0v) is 17.0. The fourth-order valence-corrected chi connectivity index (χ4v) is 3.74. The van der Waals surface area contributed by atoms with Crippen molar-refractivity contribution >= 4 is 17.5 Å². The van der Waals surface area contributed by atoms with E-state index in [0.717, 1.165) is 11.1 Å². The molecule has 8 heteroatoms. The van der Waals surface area contributed by atoms with Gasteiger partial charge in [-0.25, -0.2) is 4.68 Å². The molecule has 0 radical (unpaired) electrons. The summed E-state index contributed by atoms with van der Waals surface area (Å²) in [6.45, 7) is 3.89. The molecule has 4 heterocycles. The van der Waals surface area contributed by atoms with Crippen LogP contribution in [0.3, 0.4) is 0 Å². The van der Waals surface area contributed by atoms with Crippen LogP contribution in [0.5, 0.6) is 0 Å². The number of carbonyl (C=O) groups is 1. The molecule has 1 aliphatic heterocycles. The Morgan fingerprint density at radius 1 is 1.16 bits per heavy atom. The van der Waals surface area contributed by atoms with E-state index < -0.39 is 6.04 Å². The fraction of sp³-hybridized carbons (Fsp3) is 0.130. The third-order valence-electron chi connectivity index (χ3n) is 5.12. The highest BCUT2D eigenvalue weighted by atomic mass is 16.3. The van der Waals surface area contributed by atoms with Crippen LogP contribution in [0.4, 0.5) is 11.6 Å². The minimum absolute atomic E-state index is 0.231. The molecule has 0 saturated heterocycles. The van der Waals surface area contributed by atoms with Gasteiger partial charge in [-0.1, -0.05) is 29.8 Å². The maximum Gasteiger partial charge on any atom is 0.255 e. The molecule has 1 aliphatic rings. The monoisotopic (exact) mass is 412 g/mol. The summed E-state index contributed by atoms with van der Waals surface area (Å²) in [6, 6.07) is 14.8. The van der Waals surface area contributed by atoms with Gasteiger partial charge in [-0.15, -0.1) is 5.10 Å². The summed E-state index contributed by atoms with van der Waals surface area (Å²) in [7, 11) is 0. The minimum Gasteiger partial charge on any atom is -0.461 e. The predicted molar refractivity (Wildman–Crippen MR) is 116 cm³/mol. The number of rotatable bonds is 4.